The molecule has 0 radical (unpaired) electrons. The van der Waals surface area contributed by atoms with E-state index in [0.717, 1.165) is 31.4 Å². The van der Waals surface area contributed by atoms with E-state index in [1.165, 1.54) is 16.3 Å². The van der Waals surface area contributed by atoms with Gasteiger partial charge in [0.1, 0.15) is 0 Å². The SMILES string of the molecule is C#C[C@@H]1CN(C(=O)[C@H](N)Cc2ccccc2)[C@@H](CCCN=C(N)N)CN1CCc1ccc2ccccc2c1. The van der Waals surface area contributed by atoms with Gasteiger partial charge in [0.15, 0.2) is 5.96 Å². The lowest BCUT2D eigenvalue weighted by molar-refractivity contribution is -0.138. The summed E-state index contributed by atoms with van der Waals surface area (Å²) in [5.74, 6) is 2.95. The maximum absolute atomic E-state index is 13.6. The summed E-state index contributed by atoms with van der Waals surface area (Å²) in [6, 6.07) is 24.0. The summed E-state index contributed by atoms with van der Waals surface area (Å²) in [6.07, 6.45) is 8.89. The Morgan fingerprint density at radius 2 is 1.74 bits per heavy atom. The molecule has 1 fully saturated rings. The molecule has 0 unspecified atom stereocenters. The van der Waals surface area contributed by atoms with Crippen molar-refractivity contribution in [1.29, 1.82) is 0 Å². The van der Waals surface area contributed by atoms with Crippen molar-refractivity contribution in [2.45, 2.75) is 43.8 Å². The van der Waals surface area contributed by atoms with Gasteiger partial charge in [-0.2, -0.15) is 0 Å². The Hall–Kier alpha value is -3.86. The van der Waals surface area contributed by atoms with E-state index in [9.17, 15) is 4.79 Å². The molecule has 3 aromatic rings. The molecular weight excluding hydrogens is 472 g/mol. The van der Waals surface area contributed by atoms with E-state index in [-0.39, 0.29) is 24.0 Å². The maximum atomic E-state index is 13.6. The van der Waals surface area contributed by atoms with Crippen molar-refractivity contribution in [3.63, 3.8) is 0 Å². The number of benzene rings is 3. The molecule has 1 amide bonds. The Kier molecular flexibility index (Phi) is 9.36. The zero-order valence-electron chi connectivity index (χ0n) is 21.9. The summed E-state index contributed by atoms with van der Waals surface area (Å²) in [7, 11) is 0. The van der Waals surface area contributed by atoms with Gasteiger partial charge in [-0.15, -0.1) is 6.42 Å². The Balaban J connectivity index is 1.46. The highest BCUT2D eigenvalue weighted by molar-refractivity contribution is 5.83. The van der Waals surface area contributed by atoms with Crippen molar-refractivity contribution in [3.05, 3.63) is 83.9 Å². The molecule has 198 valence electrons. The predicted octanol–water partition coefficient (Wildman–Crippen LogP) is 2.52. The number of guanidine groups is 1. The summed E-state index contributed by atoms with van der Waals surface area (Å²) in [5, 5.41) is 2.47. The molecule has 6 N–H and O–H groups in total. The monoisotopic (exact) mass is 510 g/mol. The number of fused-ring (bicyclic) bond motifs is 1. The van der Waals surface area contributed by atoms with Crippen LogP contribution in [0.5, 0.6) is 0 Å². The molecule has 3 aromatic carbocycles. The minimum Gasteiger partial charge on any atom is -0.370 e. The molecule has 0 bridgehead atoms. The molecule has 0 saturated carbocycles. The van der Waals surface area contributed by atoms with E-state index in [0.29, 0.717) is 26.1 Å². The number of aliphatic imine (C=N–C) groups is 1. The van der Waals surface area contributed by atoms with Crippen LogP contribution in [-0.4, -0.2) is 66.0 Å². The van der Waals surface area contributed by atoms with Gasteiger partial charge in [-0.3, -0.25) is 14.7 Å². The Labute approximate surface area is 225 Å². The first-order valence-corrected chi connectivity index (χ1v) is 13.3. The van der Waals surface area contributed by atoms with E-state index in [1.807, 2.05) is 35.2 Å². The van der Waals surface area contributed by atoms with Crippen LogP contribution in [0.3, 0.4) is 0 Å². The molecule has 0 aliphatic carbocycles. The molecule has 1 aliphatic heterocycles. The molecule has 1 heterocycles. The normalized spacial score (nSPS) is 18.6. The number of terminal acetylenes is 1. The highest BCUT2D eigenvalue weighted by Crippen LogP contribution is 2.22. The van der Waals surface area contributed by atoms with Gasteiger partial charge in [-0.25, -0.2) is 0 Å². The minimum absolute atomic E-state index is 0.0141. The van der Waals surface area contributed by atoms with Gasteiger partial charge >= 0.3 is 0 Å². The number of carbonyl (C=O) groups is 1. The molecule has 7 heteroatoms. The quantitative estimate of drug-likeness (QED) is 0.168. The van der Waals surface area contributed by atoms with Gasteiger partial charge in [0, 0.05) is 32.2 Å². The molecule has 4 rings (SSSR count). The number of carbonyl (C=O) groups excluding carboxylic acids is 1. The lowest BCUT2D eigenvalue weighted by Gasteiger charge is -2.45. The largest absolute Gasteiger partial charge is 0.370 e. The second-order valence-electron chi connectivity index (χ2n) is 10.00. The predicted molar refractivity (Wildman–Crippen MR) is 155 cm³/mol. The molecule has 3 atom stereocenters. The average molecular weight is 511 g/mol. The van der Waals surface area contributed by atoms with Crippen molar-refractivity contribution in [1.82, 2.24) is 9.80 Å². The number of nitrogens with two attached hydrogens (primary N) is 3. The maximum Gasteiger partial charge on any atom is 0.240 e. The van der Waals surface area contributed by atoms with E-state index < -0.39 is 6.04 Å². The highest BCUT2D eigenvalue weighted by atomic mass is 16.2. The third-order valence-electron chi connectivity index (χ3n) is 7.28. The lowest BCUT2D eigenvalue weighted by atomic mass is 9.98. The standard InChI is InChI=1S/C31H38N6O/c1-2-27-22-37(30(38)29(32)20-23-9-4-3-5-10-23)28(13-8-17-35-31(33)34)21-36(27)18-16-24-14-15-25-11-6-7-12-26(25)19-24/h1,3-7,9-12,14-15,19,27-29H,8,13,16-18,20-22,32H2,(H4,33,34,35)/t27-,28+,29-/m1/s1. The molecular formula is C31H38N6O. The smallest absolute Gasteiger partial charge is 0.240 e. The van der Waals surface area contributed by atoms with Crippen LogP contribution >= 0.6 is 0 Å². The van der Waals surface area contributed by atoms with Gasteiger partial charge in [0.05, 0.1) is 12.1 Å². The lowest BCUT2D eigenvalue weighted by Crippen LogP contribution is -2.62. The summed E-state index contributed by atoms with van der Waals surface area (Å²) in [6.45, 7) is 2.48. The number of piperazine rings is 1. The van der Waals surface area contributed by atoms with Crippen molar-refractivity contribution >= 4 is 22.6 Å². The molecule has 1 saturated heterocycles. The average Bonchev–Trinajstić information content (AvgIpc) is 2.94. The number of nitrogens with zero attached hydrogens (tertiary/aromatic N) is 3. The van der Waals surface area contributed by atoms with Crippen LogP contribution in [0.4, 0.5) is 0 Å². The van der Waals surface area contributed by atoms with Crippen LogP contribution in [0.2, 0.25) is 0 Å². The fourth-order valence-corrected chi connectivity index (χ4v) is 5.24. The van der Waals surface area contributed by atoms with Gasteiger partial charge in [0.2, 0.25) is 5.91 Å². The first-order valence-electron chi connectivity index (χ1n) is 13.3. The second-order valence-corrected chi connectivity index (χ2v) is 10.00. The zero-order valence-corrected chi connectivity index (χ0v) is 21.9. The number of rotatable bonds is 10. The summed E-state index contributed by atoms with van der Waals surface area (Å²) < 4.78 is 0. The molecule has 1 aliphatic rings. The van der Waals surface area contributed by atoms with Gasteiger partial charge in [-0.05, 0) is 47.6 Å². The number of hydrogen-bond donors (Lipinski definition) is 3. The highest BCUT2D eigenvalue weighted by Gasteiger charge is 2.36. The molecule has 7 nitrogen and oxygen atoms in total. The number of hydrogen-bond acceptors (Lipinski definition) is 4. The number of amides is 1. The van der Waals surface area contributed by atoms with Crippen LogP contribution in [-0.2, 0) is 17.6 Å². The first-order chi connectivity index (χ1) is 18.4. The summed E-state index contributed by atoms with van der Waals surface area (Å²) in [5.41, 5.74) is 19.7. The molecule has 0 aromatic heterocycles. The van der Waals surface area contributed by atoms with Crippen molar-refractivity contribution in [2.24, 2.45) is 22.2 Å². The zero-order chi connectivity index (χ0) is 26.9. The van der Waals surface area contributed by atoms with E-state index >= 15 is 0 Å². The van der Waals surface area contributed by atoms with Gasteiger partial charge in [-0.1, -0.05) is 78.7 Å². The Morgan fingerprint density at radius 1 is 1.00 bits per heavy atom. The van der Waals surface area contributed by atoms with Crippen LogP contribution in [0.25, 0.3) is 10.8 Å². The van der Waals surface area contributed by atoms with Crippen LogP contribution in [0.1, 0.15) is 24.0 Å². The van der Waals surface area contributed by atoms with Crippen LogP contribution < -0.4 is 17.2 Å². The van der Waals surface area contributed by atoms with Gasteiger partial charge in [0.25, 0.3) is 0 Å². The van der Waals surface area contributed by atoms with Crippen molar-refractivity contribution in [3.8, 4) is 12.3 Å². The third kappa shape index (κ3) is 7.12. The van der Waals surface area contributed by atoms with E-state index in [2.05, 4.69) is 58.3 Å². The second kappa shape index (κ2) is 13.1. The molecule has 38 heavy (non-hydrogen) atoms. The fourth-order valence-electron chi connectivity index (χ4n) is 5.24. The van der Waals surface area contributed by atoms with Crippen LogP contribution in [0, 0.1) is 12.3 Å². The minimum atomic E-state index is -0.625. The van der Waals surface area contributed by atoms with E-state index in [1.54, 1.807) is 0 Å². The third-order valence-corrected chi connectivity index (χ3v) is 7.28. The van der Waals surface area contributed by atoms with Crippen molar-refractivity contribution < 1.29 is 4.79 Å². The Morgan fingerprint density at radius 3 is 2.47 bits per heavy atom. The van der Waals surface area contributed by atoms with Gasteiger partial charge < -0.3 is 22.1 Å². The topological polar surface area (TPSA) is 114 Å². The summed E-state index contributed by atoms with van der Waals surface area (Å²) >= 11 is 0. The fraction of sp³-hybridized carbons (Fsp3) is 0.355. The summed E-state index contributed by atoms with van der Waals surface area (Å²) in [4.78, 5) is 21.9. The van der Waals surface area contributed by atoms with E-state index in [4.69, 9.17) is 23.6 Å². The van der Waals surface area contributed by atoms with Crippen LogP contribution in [0.15, 0.2) is 77.8 Å². The first kappa shape index (κ1) is 27.2. The van der Waals surface area contributed by atoms with Crippen molar-refractivity contribution in [2.75, 3.05) is 26.2 Å². The molecule has 0 spiro atoms. The Bertz CT molecular complexity index is 1280.